The molecule has 0 heterocycles. The fourth-order valence-electron chi connectivity index (χ4n) is 4.54. The van der Waals surface area contributed by atoms with Crippen LogP contribution in [-0.2, 0) is 0 Å². The maximum Gasteiger partial charge on any atom is 0.251 e. The largest absolute Gasteiger partial charge is 0.351 e. The average molecular weight is 404 g/mol. The van der Waals surface area contributed by atoms with Gasteiger partial charge >= 0.3 is 0 Å². The molecule has 2 aromatic carbocycles. The smallest absolute Gasteiger partial charge is 0.251 e. The van der Waals surface area contributed by atoms with Crippen molar-refractivity contribution in [1.82, 2.24) is 5.32 Å². The monoisotopic (exact) mass is 403 g/mol. The first-order valence-corrected chi connectivity index (χ1v) is 11.2. The Labute approximate surface area is 179 Å². The highest BCUT2D eigenvalue weighted by molar-refractivity contribution is 5.94. The summed E-state index contributed by atoms with van der Waals surface area (Å²) in [4.78, 5) is 12.7. The van der Waals surface area contributed by atoms with Gasteiger partial charge in [0.1, 0.15) is 5.82 Å². The second-order valence-electron chi connectivity index (χ2n) is 9.32. The lowest BCUT2D eigenvalue weighted by molar-refractivity contribution is 0.0871. The van der Waals surface area contributed by atoms with Gasteiger partial charge in [-0.25, -0.2) is 4.39 Å². The fraction of sp³-hybridized carbons (Fsp3) is 0.444. The van der Waals surface area contributed by atoms with Crippen LogP contribution in [0.2, 0.25) is 0 Å². The van der Waals surface area contributed by atoms with Gasteiger partial charge < -0.3 is 5.32 Å². The maximum atomic E-state index is 13.7. The van der Waals surface area contributed by atoms with Crippen molar-refractivity contribution in [2.24, 2.45) is 17.3 Å². The van der Waals surface area contributed by atoms with Gasteiger partial charge in [0.2, 0.25) is 0 Å². The SMILES string of the molecule is CC1CCC(CNC(=O)c2ccc(C#Cc3ccccc3F)cc2)(CC2CC2)CC1. The molecule has 2 saturated carbocycles. The summed E-state index contributed by atoms with van der Waals surface area (Å²) in [5.41, 5.74) is 2.08. The Bertz CT molecular complexity index is 941. The van der Waals surface area contributed by atoms with E-state index >= 15 is 0 Å². The van der Waals surface area contributed by atoms with E-state index in [1.807, 2.05) is 12.1 Å². The van der Waals surface area contributed by atoms with Gasteiger partial charge in [-0.2, -0.15) is 0 Å². The van der Waals surface area contributed by atoms with Crippen LogP contribution in [0.4, 0.5) is 4.39 Å². The van der Waals surface area contributed by atoms with Gasteiger partial charge in [-0.1, -0.05) is 56.6 Å². The first-order chi connectivity index (χ1) is 14.5. The molecule has 2 fully saturated rings. The van der Waals surface area contributed by atoms with Crippen LogP contribution in [0.1, 0.15) is 73.4 Å². The van der Waals surface area contributed by atoms with Crippen molar-refractivity contribution in [3.63, 3.8) is 0 Å². The van der Waals surface area contributed by atoms with Gasteiger partial charge in [0.05, 0.1) is 5.56 Å². The van der Waals surface area contributed by atoms with Gasteiger partial charge in [0.25, 0.3) is 5.91 Å². The molecule has 0 unspecified atom stereocenters. The number of hydrogen-bond donors (Lipinski definition) is 1. The molecule has 0 saturated heterocycles. The molecule has 0 aliphatic heterocycles. The lowest BCUT2D eigenvalue weighted by Gasteiger charge is -2.40. The molecule has 2 aliphatic rings. The highest BCUT2D eigenvalue weighted by Crippen LogP contribution is 2.48. The lowest BCUT2D eigenvalue weighted by atomic mass is 9.68. The molecule has 0 atom stereocenters. The number of nitrogens with one attached hydrogen (secondary N) is 1. The third-order valence-electron chi connectivity index (χ3n) is 6.74. The molecule has 1 N–H and O–H groups in total. The van der Waals surface area contributed by atoms with Crippen LogP contribution in [0.3, 0.4) is 0 Å². The number of benzene rings is 2. The van der Waals surface area contributed by atoms with E-state index in [1.54, 1.807) is 30.3 Å². The zero-order chi connectivity index (χ0) is 21.0. The summed E-state index contributed by atoms with van der Waals surface area (Å²) in [6.07, 6.45) is 9.01. The van der Waals surface area contributed by atoms with Crippen LogP contribution in [0.15, 0.2) is 48.5 Å². The number of amides is 1. The van der Waals surface area contributed by atoms with E-state index in [2.05, 4.69) is 24.1 Å². The summed E-state index contributed by atoms with van der Waals surface area (Å²) >= 11 is 0. The van der Waals surface area contributed by atoms with Crippen LogP contribution in [0.25, 0.3) is 0 Å². The Balaban J connectivity index is 1.37. The fourth-order valence-corrected chi connectivity index (χ4v) is 4.54. The molecular formula is C27H30FNO. The molecule has 2 aliphatic carbocycles. The summed E-state index contributed by atoms with van der Waals surface area (Å²) in [6, 6.07) is 13.7. The third-order valence-corrected chi connectivity index (χ3v) is 6.74. The van der Waals surface area contributed by atoms with Crippen molar-refractivity contribution in [3.8, 4) is 11.8 Å². The Hall–Kier alpha value is -2.60. The molecule has 0 bridgehead atoms. The van der Waals surface area contributed by atoms with Crippen LogP contribution >= 0.6 is 0 Å². The van der Waals surface area contributed by atoms with E-state index in [-0.39, 0.29) is 17.1 Å². The minimum Gasteiger partial charge on any atom is -0.351 e. The van der Waals surface area contributed by atoms with E-state index in [0.717, 1.165) is 23.9 Å². The summed E-state index contributed by atoms with van der Waals surface area (Å²) < 4.78 is 13.7. The van der Waals surface area contributed by atoms with Gasteiger partial charge in [-0.15, -0.1) is 0 Å². The van der Waals surface area contributed by atoms with Crippen molar-refractivity contribution in [2.45, 2.75) is 51.9 Å². The van der Waals surface area contributed by atoms with Crippen molar-refractivity contribution in [3.05, 3.63) is 71.0 Å². The van der Waals surface area contributed by atoms with E-state index in [0.29, 0.717) is 11.1 Å². The molecular weight excluding hydrogens is 373 g/mol. The number of carbonyl (C=O) groups is 1. The number of rotatable bonds is 5. The quantitative estimate of drug-likeness (QED) is 0.614. The minimum absolute atomic E-state index is 0.0163. The molecule has 0 radical (unpaired) electrons. The molecule has 2 nitrogen and oxygen atoms in total. The van der Waals surface area contributed by atoms with E-state index in [4.69, 9.17) is 0 Å². The van der Waals surface area contributed by atoms with Crippen LogP contribution in [0, 0.1) is 34.9 Å². The normalized spacial score (nSPS) is 23.3. The zero-order valence-corrected chi connectivity index (χ0v) is 17.7. The van der Waals surface area contributed by atoms with Gasteiger partial charge in [-0.3, -0.25) is 4.79 Å². The lowest BCUT2D eigenvalue weighted by Crippen LogP contribution is -2.40. The number of hydrogen-bond acceptors (Lipinski definition) is 1. The molecule has 1 amide bonds. The summed E-state index contributed by atoms with van der Waals surface area (Å²) in [6.45, 7) is 3.13. The summed E-state index contributed by atoms with van der Waals surface area (Å²) in [7, 11) is 0. The summed E-state index contributed by atoms with van der Waals surface area (Å²) in [5, 5.41) is 3.22. The topological polar surface area (TPSA) is 29.1 Å². The first kappa shape index (κ1) is 20.7. The highest BCUT2D eigenvalue weighted by atomic mass is 19.1. The van der Waals surface area contributed by atoms with E-state index in [1.165, 1.54) is 51.0 Å². The Kier molecular flexibility index (Phi) is 6.23. The third kappa shape index (κ3) is 5.30. The maximum absolute atomic E-state index is 13.7. The van der Waals surface area contributed by atoms with Gasteiger partial charge in [0, 0.05) is 17.7 Å². The zero-order valence-electron chi connectivity index (χ0n) is 17.7. The Morgan fingerprint density at radius 2 is 1.73 bits per heavy atom. The molecule has 4 rings (SSSR count). The van der Waals surface area contributed by atoms with Crippen LogP contribution < -0.4 is 5.32 Å². The Morgan fingerprint density at radius 3 is 2.40 bits per heavy atom. The van der Waals surface area contributed by atoms with E-state index < -0.39 is 0 Å². The predicted molar refractivity (Wildman–Crippen MR) is 119 cm³/mol. The van der Waals surface area contributed by atoms with Crippen molar-refractivity contribution >= 4 is 5.91 Å². The Morgan fingerprint density at radius 1 is 1.03 bits per heavy atom. The second-order valence-corrected chi connectivity index (χ2v) is 9.32. The minimum atomic E-state index is -0.321. The highest BCUT2D eigenvalue weighted by Gasteiger charge is 2.39. The number of carbonyl (C=O) groups excluding carboxylic acids is 1. The molecule has 30 heavy (non-hydrogen) atoms. The molecule has 0 aromatic heterocycles. The van der Waals surface area contributed by atoms with E-state index in [9.17, 15) is 9.18 Å². The van der Waals surface area contributed by atoms with Crippen LogP contribution in [-0.4, -0.2) is 12.5 Å². The van der Waals surface area contributed by atoms with Gasteiger partial charge in [0.15, 0.2) is 0 Å². The van der Waals surface area contributed by atoms with Crippen LogP contribution in [0.5, 0.6) is 0 Å². The van der Waals surface area contributed by atoms with Crippen molar-refractivity contribution in [2.75, 3.05) is 6.54 Å². The molecule has 3 heteroatoms. The molecule has 0 spiro atoms. The standard InChI is InChI=1S/C27H30FNO/c1-20-14-16-27(17-15-20,18-22-6-7-22)19-29-26(30)24-12-9-21(10-13-24)8-11-23-4-2-3-5-25(23)28/h2-5,9-10,12-13,20,22H,6-7,14-19H2,1H3,(H,29,30). The molecule has 156 valence electrons. The first-order valence-electron chi connectivity index (χ1n) is 11.2. The summed E-state index contributed by atoms with van der Waals surface area (Å²) in [5.74, 6) is 7.17. The predicted octanol–water partition coefficient (Wildman–Crippen LogP) is 5.95. The average Bonchev–Trinajstić information content (AvgIpc) is 3.58. The van der Waals surface area contributed by atoms with Gasteiger partial charge in [-0.05, 0) is 72.9 Å². The van der Waals surface area contributed by atoms with Crippen molar-refractivity contribution < 1.29 is 9.18 Å². The van der Waals surface area contributed by atoms with Crippen molar-refractivity contribution in [1.29, 1.82) is 0 Å². The number of halogens is 1. The second kappa shape index (κ2) is 9.04. The molecule has 2 aromatic rings.